The average molecular weight is 486 g/mol. The maximum Gasteiger partial charge on any atom is 0.289 e. The van der Waals surface area contributed by atoms with E-state index in [0.29, 0.717) is 38.5 Å². The second kappa shape index (κ2) is 10.7. The van der Waals surface area contributed by atoms with Crippen LogP contribution in [-0.4, -0.2) is 76.2 Å². The molecule has 0 unspecified atom stereocenters. The van der Waals surface area contributed by atoms with Gasteiger partial charge < -0.3 is 14.2 Å². The molecule has 9 heteroatoms. The highest BCUT2D eigenvalue weighted by molar-refractivity contribution is 5.91. The summed E-state index contributed by atoms with van der Waals surface area (Å²) in [6, 6.07) is 22.2. The number of benzene rings is 2. The van der Waals surface area contributed by atoms with Crippen LogP contribution in [0, 0.1) is 0 Å². The van der Waals surface area contributed by atoms with Crippen LogP contribution in [0.3, 0.4) is 0 Å². The summed E-state index contributed by atoms with van der Waals surface area (Å²) >= 11 is 0. The third-order valence-corrected chi connectivity index (χ3v) is 6.68. The molecule has 0 saturated carbocycles. The Hall–Kier alpha value is -3.98. The van der Waals surface area contributed by atoms with Gasteiger partial charge in [0.15, 0.2) is 11.6 Å². The van der Waals surface area contributed by atoms with Crippen LogP contribution >= 0.6 is 0 Å². The first kappa shape index (κ1) is 23.7. The maximum absolute atomic E-state index is 12.8. The number of hydrogen-bond acceptors (Lipinski definition) is 7. The molecule has 0 N–H and O–H groups in total. The van der Waals surface area contributed by atoms with Gasteiger partial charge in [0.25, 0.3) is 5.91 Å². The third kappa shape index (κ3) is 5.16. The van der Waals surface area contributed by atoms with Gasteiger partial charge in [0.2, 0.25) is 0 Å². The van der Waals surface area contributed by atoms with Crippen molar-refractivity contribution in [3.05, 3.63) is 95.7 Å². The van der Waals surface area contributed by atoms with E-state index in [2.05, 4.69) is 73.9 Å². The third-order valence-electron chi connectivity index (χ3n) is 6.68. The van der Waals surface area contributed by atoms with Gasteiger partial charge in [-0.3, -0.25) is 9.69 Å². The van der Waals surface area contributed by atoms with Gasteiger partial charge in [-0.15, -0.1) is 5.10 Å². The Bertz CT molecular complexity index is 1250. The number of carbonyl (C=O) groups excluding carboxylic acids is 1. The number of anilines is 1. The number of furan rings is 1. The van der Waals surface area contributed by atoms with Crippen molar-refractivity contribution in [2.75, 3.05) is 45.2 Å². The van der Waals surface area contributed by atoms with E-state index in [1.54, 1.807) is 12.1 Å². The number of aromatic nitrogens is 4. The van der Waals surface area contributed by atoms with E-state index in [4.69, 9.17) is 4.42 Å². The molecule has 1 atom stereocenters. The molecule has 2 aromatic heterocycles. The first-order valence-electron chi connectivity index (χ1n) is 12.2. The van der Waals surface area contributed by atoms with Gasteiger partial charge in [-0.05, 0) is 52.2 Å². The molecule has 36 heavy (non-hydrogen) atoms. The molecule has 1 aliphatic heterocycles. The summed E-state index contributed by atoms with van der Waals surface area (Å²) in [6.07, 6.45) is 2.38. The number of rotatable bonds is 8. The fraction of sp³-hybridized carbons (Fsp3) is 0.333. The largest absolute Gasteiger partial charge is 0.459 e. The van der Waals surface area contributed by atoms with Gasteiger partial charge in [-0.2, -0.15) is 0 Å². The lowest BCUT2D eigenvalue weighted by Gasteiger charge is -2.38. The summed E-state index contributed by atoms with van der Waals surface area (Å²) in [5, 5.41) is 12.9. The van der Waals surface area contributed by atoms with Crippen molar-refractivity contribution < 1.29 is 9.21 Å². The van der Waals surface area contributed by atoms with Crippen molar-refractivity contribution in [1.82, 2.24) is 30.0 Å². The Balaban J connectivity index is 1.38. The fourth-order valence-corrected chi connectivity index (χ4v) is 4.66. The molecule has 1 saturated heterocycles. The van der Waals surface area contributed by atoms with Crippen molar-refractivity contribution >= 4 is 11.6 Å². The fourth-order valence-electron chi connectivity index (χ4n) is 4.66. The Morgan fingerprint density at radius 2 is 1.72 bits per heavy atom. The average Bonchev–Trinajstić information content (AvgIpc) is 3.62. The van der Waals surface area contributed by atoms with Crippen LogP contribution in [-0.2, 0) is 13.0 Å². The molecule has 186 valence electrons. The minimum absolute atomic E-state index is 0.0702. The minimum atomic E-state index is -0.118. The highest BCUT2D eigenvalue weighted by Gasteiger charge is 2.32. The quantitative estimate of drug-likeness (QED) is 0.379. The molecule has 0 bridgehead atoms. The number of amides is 1. The number of carbonyl (C=O) groups is 1. The molecular weight excluding hydrogens is 454 g/mol. The molecule has 1 aliphatic rings. The minimum Gasteiger partial charge on any atom is -0.459 e. The van der Waals surface area contributed by atoms with Gasteiger partial charge in [-0.25, -0.2) is 4.68 Å². The van der Waals surface area contributed by atoms with E-state index in [1.165, 1.54) is 11.8 Å². The van der Waals surface area contributed by atoms with E-state index in [-0.39, 0.29) is 11.9 Å². The van der Waals surface area contributed by atoms with Gasteiger partial charge in [0.05, 0.1) is 12.3 Å². The van der Waals surface area contributed by atoms with E-state index >= 15 is 0 Å². The van der Waals surface area contributed by atoms with Crippen LogP contribution < -0.4 is 4.90 Å². The van der Waals surface area contributed by atoms with Gasteiger partial charge in [0, 0.05) is 52.5 Å². The lowest BCUT2D eigenvalue weighted by molar-refractivity contribution is 0.0559. The number of aryl methyl sites for hydroxylation is 2. The topological polar surface area (TPSA) is 83.5 Å². The SMILES string of the molecule is CN(C)c1ccc([C@H](c2nnnn2CCc2ccccc2)N2CCN(C(=O)c3ccco3)CC2)cc1. The van der Waals surface area contributed by atoms with Crippen molar-refractivity contribution in [1.29, 1.82) is 0 Å². The zero-order valence-corrected chi connectivity index (χ0v) is 20.7. The predicted molar refractivity (Wildman–Crippen MR) is 137 cm³/mol. The second-order valence-electron chi connectivity index (χ2n) is 9.19. The van der Waals surface area contributed by atoms with E-state index in [9.17, 15) is 4.79 Å². The molecule has 1 amide bonds. The number of tetrazole rings is 1. The van der Waals surface area contributed by atoms with Crippen LogP contribution in [0.15, 0.2) is 77.4 Å². The molecule has 4 aromatic rings. The lowest BCUT2D eigenvalue weighted by atomic mass is 10.0. The number of piperazine rings is 1. The normalized spacial score (nSPS) is 15.1. The van der Waals surface area contributed by atoms with Crippen molar-refractivity contribution in [2.45, 2.75) is 19.0 Å². The first-order valence-corrected chi connectivity index (χ1v) is 12.2. The van der Waals surface area contributed by atoms with Crippen LogP contribution in [0.4, 0.5) is 5.69 Å². The van der Waals surface area contributed by atoms with Gasteiger partial charge in [0.1, 0.15) is 0 Å². The Labute approximate surface area is 210 Å². The molecule has 1 fully saturated rings. The molecule has 0 aliphatic carbocycles. The van der Waals surface area contributed by atoms with Crippen LogP contribution in [0.2, 0.25) is 0 Å². The standard InChI is InChI=1S/C27H31N7O2/c1-31(2)23-12-10-22(11-13-23)25(26-28-29-30-34(26)15-14-21-7-4-3-5-8-21)32-16-18-33(19-17-32)27(35)24-9-6-20-36-24/h3-13,20,25H,14-19H2,1-2H3/t25-/m1/s1. The molecular formula is C27H31N7O2. The highest BCUT2D eigenvalue weighted by Crippen LogP contribution is 2.30. The monoisotopic (exact) mass is 485 g/mol. The van der Waals surface area contributed by atoms with Crippen molar-refractivity contribution in [3.8, 4) is 0 Å². The summed E-state index contributed by atoms with van der Waals surface area (Å²) in [5.74, 6) is 1.12. The molecule has 3 heterocycles. The molecule has 5 rings (SSSR count). The van der Waals surface area contributed by atoms with Crippen molar-refractivity contribution in [3.63, 3.8) is 0 Å². The van der Waals surface area contributed by atoms with Crippen molar-refractivity contribution in [2.24, 2.45) is 0 Å². The van der Waals surface area contributed by atoms with Crippen LogP contribution in [0.25, 0.3) is 0 Å². The van der Waals surface area contributed by atoms with Crippen LogP contribution in [0.1, 0.15) is 33.5 Å². The summed E-state index contributed by atoms with van der Waals surface area (Å²) in [4.78, 5) is 19.1. The maximum atomic E-state index is 12.8. The Kier molecular flexibility index (Phi) is 7.08. The lowest BCUT2D eigenvalue weighted by Crippen LogP contribution is -2.50. The number of hydrogen-bond donors (Lipinski definition) is 0. The van der Waals surface area contributed by atoms with Gasteiger partial charge >= 0.3 is 0 Å². The highest BCUT2D eigenvalue weighted by atomic mass is 16.3. The molecule has 2 aromatic carbocycles. The van der Waals surface area contributed by atoms with E-state index in [0.717, 1.165) is 23.5 Å². The van der Waals surface area contributed by atoms with Crippen LogP contribution in [0.5, 0.6) is 0 Å². The van der Waals surface area contributed by atoms with E-state index < -0.39 is 0 Å². The van der Waals surface area contributed by atoms with Gasteiger partial charge in [-0.1, -0.05) is 42.5 Å². The smallest absolute Gasteiger partial charge is 0.289 e. The molecule has 9 nitrogen and oxygen atoms in total. The summed E-state index contributed by atoms with van der Waals surface area (Å²) in [7, 11) is 4.07. The number of nitrogens with zero attached hydrogens (tertiary/aromatic N) is 7. The molecule has 0 spiro atoms. The predicted octanol–water partition coefficient (Wildman–Crippen LogP) is 3.12. The van der Waals surface area contributed by atoms with E-state index in [1.807, 2.05) is 29.7 Å². The molecule has 0 radical (unpaired) electrons. The second-order valence-corrected chi connectivity index (χ2v) is 9.19. The zero-order chi connectivity index (χ0) is 24.9. The zero-order valence-electron chi connectivity index (χ0n) is 20.7. The summed E-state index contributed by atoms with van der Waals surface area (Å²) in [5.41, 5.74) is 3.51. The Morgan fingerprint density at radius 1 is 0.972 bits per heavy atom. The Morgan fingerprint density at radius 3 is 2.39 bits per heavy atom. The first-order chi connectivity index (χ1) is 17.6. The summed E-state index contributed by atoms with van der Waals surface area (Å²) < 4.78 is 7.24. The summed E-state index contributed by atoms with van der Waals surface area (Å²) in [6.45, 7) is 3.32.